The van der Waals surface area contributed by atoms with Gasteiger partial charge in [0.05, 0.1) is 0 Å². The van der Waals surface area contributed by atoms with Gasteiger partial charge in [0.25, 0.3) is 0 Å². The van der Waals surface area contributed by atoms with Gasteiger partial charge in [0.1, 0.15) is 12.2 Å². The Bertz CT molecular complexity index is 435. The van der Waals surface area contributed by atoms with Crippen LogP contribution in [-0.4, -0.2) is 24.1 Å². The van der Waals surface area contributed by atoms with Crippen molar-refractivity contribution in [3.8, 4) is 0 Å². The van der Waals surface area contributed by atoms with Crippen molar-refractivity contribution in [2.24, 2.45) is 0 Å². The summed E-state index contributed by atoms with van der Waals surface area (Å²) in [4.78, 5) is 24.1. The van der Waals surface area contributed by atoms with Gasteiger partial charge in [-0.3, -0.25) is 9.59 Å². The maximum Gasteiger partial charge on any atom is 0.305 e. The van der Waals surface area contributed by atoms with E-state index in [1.54, 1.807) is 0 Å². The first-order valence-electron chi connectivity index (χ1n) is 13.8. The van der Waals surface area contributed by atoms with Gasteiger partial charge in [-0.2, -0.15) is 0 Å². The smallest absolute Gasteiger partial charge is 0.305 e. The average Bonchev–Trinajstić information content (AvgIpc) is 2.80. The molecular formula is C28H53O4. The predicted octanol–water partition coefficient (Wildman–Crippen LogP) is 8.51. The minimum absolute atomic E-state index is 0.199. The summed E-state index contributed by atoms with van der Waals surface area (Å²) >= 11 is 0. The highest BCUT2D eigenvalue weighted by atomic mass is 16.6. The molecule has 4 heteroatoms. The summed E-state index contributed by atoms with van der Waals surface area (Å²) in [5.74, 6) is -0.400. The molecule has 0 saturated heterocycles. The van der Waals surface area contributed by atoms with Gasteiger partial charge in [0, 0.05) is 12.8 Å². The molecule has 0 N–H and O–H groups in total. The molecule has 0 aromatic rings. The van der Waals surface area contributed by atoms with Crippen LogP contribution < -0.4 is 0 Å². The Morgan fingerprint density at radius 2 is 0.906 bits per heavy atom. The number of hydrogen-bond donors (Lipinski definition) is 0. The van der Waals surface area contributed by atoms with Crippen molar-refractivity contribution < 1.29 is 19.1 Å². The SMILES string of the molecule is [CH2]CCCCCCCC(OC(=O)CC)C(CCCCCCCCCCCC)OC(=O)CC. The minimum Gasteiger partial charge on any atom is -0.458 e. The van der Waals surface area contributed by atoms with Gasteiger partial charge in [-0.25, -0.2) is 0 Å². The molecule has 1 radical (unpaired) electrons. The lowest BCUT2D eigenvalue weighted by atomic mass is 9.98. The van der Waals surface area contributed by atoms with Crippen LogP contribution in [-0.2, 0) is 19.1 Å². The van der Waals surface area contributed by atoms with E-state index < -0.39 is 0 Å². The second-order valence-corrected chi connectivity index (χ2v) is 9.14. The van der Waals surface area contributed by atoms with Crippen LogP contribution in [0.25, 0.3) is 0 Å². The lowest BCUT2D eigenvalue weighted by Crippen LogP contribution is -2.35. The second kappa shape index (κ2) is 23.1. The van der Waals surface area contributed by atoms with Crippen LogP contribution in [0.3, 0.4) is 0 Å². The van der Waals surface area contributed by atoms with Crippen molar-refractivity contribution in [3.05, 3.63) is 6.92 Å². The summed E-state index contributed by atoms with van der Waals surface area (Å²) in [6, 6.07) is 0. The molecule has 0 aliphatic rings. The summed E-state index contributed by atoms with van der Waals surface area (Å²) < 4.78 is 11.5. The Morgan fingerprint density at radius 3 is 1.25 bits per heavy atom. The quantitative estimate of drug-likeness (QED) is 0.115. The van der Waals surface area contributed by atoms with E-state index in [1.165, 1.54) is 70.6 Å². The summed E-state index contributed by atoms with van der Waals surface area (Å²) in [5.41, 5.74) is 0. The fraction of sp³-hybridized carbons (Fsp3) is 0.893. The minimum atomic E-state index is -0.315. The molecule has 0 aromatic heterocycles. The van der Waals surface area contributed by atoms with Crippen molar-refractivity contribution in [3.63, 3.8) is 0 Å². The maximum atomic E-state index is 12.0. The molecule has 32 heavy (non-hydrogen) atoms. The van der Waals surface area contributed by atoms with E-state index in [2.05, 4.69) is 13.8 Å². The number of carbonyl (C=O) groups is 2. The van der Waals surface area contributed by atoms with E-state index in [-0.39, 0.29) is 24.1 Å². The Labute approximate surface area is 199 Å². The zero-order valence-electron chi connectivity index (χ0n) is 21.6. The number of unbranched alkanes of at least 4 members (excludes halogenated alkanes) is 14. The Balaban J connectivity index is 4.49. The molecule has 0 aromatic carbocycles. The summed E-state index contributed by atoms with van der Waals surface area (Å²) in [7, 11) is 0. The number of esters is 2. The molecule has 2 unspecified atom stereocenters. The van der Waals surface area contributed by atoms with Gasteiger partial charge in [0.2, 0.25) is 0 Å². The van der Waals surface area contributed by atoms with Crippen LogP contribution in [0.2, 0.25) is 0 Å². The van der Waals surface area contributed by atoms with Crippen molar-refractivity contribution in [1.82, 2.24) is 0 Å². The molecule has 0 spiro atoms. The Hall–Kier alpha value is -1.06. The molecule has 0 fully saturated rings. The van der Waals surface area contributed by atoms with Crippen molar-refractivity contribution >= 4 is 11.9 Å². The first-order chi connectivity index (χ1) is 15.6. The Kier molecular flexibility index (Phi) is 22.3. The van der Waals surface area contributed by atoms with Crippen LogP contribution in [0.5, 0.6) is 0 Å². The highest BCUT2D eigenvalue weighted by Gasteiger charge is 2.27. The van der Waals surface area contributed by atoms with Gasteiger partial charge in [-0.15, -0.1) is 0 Å². The number of ether oxygens (including phenoxy) is 2. The van der Waals surface area contributed by atoms with Gasteiger partial charge in [0.15, 0.2) is 0 Å². The topological polar surface area (TPSA) is 52.6 Å². The maximum absolute atomic E-state index is 12.0. The molecule has 189 valence electrons. The average molecular weight is 454 g/mol. The van der Waals surface area contributed by atoms with Crippen LogP contribution in [0, 0.1) is 6.92 Å². The van der Waals surface area contributed by atoms with E-state index in [4.69, 9.17) is 9.47 Å². The third-order valence-electron chi connectivity index (χ3n) is 6.14. The van der Waals surface area contributed by atoms with Crippen molar-refractivity contribution in [1.29, 1.82) is 0 Å². The lowest BCUT2D eigenvalue weighted by Gasteiger charge is -2.27. The zero-order chi connectivity index (χ0) is 23.9. The van der Waals surface area contributed by atoms with Gasteiger partial charge >= 0.3 is 11.9 Å². The van der Waals surface area contributed by atoms with Gasteiger partial charge in [-0.1, -0.05) is 118 Å². The summed E-state index contributed by atoms with van der Waals surface area (Å²) in [6.45, 7) is 9.78. The van der Waals surface area contributed by atoms with E-state index >= 15 is 0 Å². The molecule has 0 amide bonds. The van der Waals surface area contributed by atoms with Crippen LogP contribution in [0.4, 0.5) is 0 Å². The zero-order valence-corrected chi connectivity index (χ0v) is 21.6. The fourth-order valence-corrected chi connectivity index (χ4v) is 4.03. The largest absolute Gasteiger partial charge is 0.458 e. The lowest BCUT2D eigenvalue weighted by molar-refractivity contribution is -0.169. The van der Waals surface area contributed by atoms with Crippen molar-refractivity contribution in [2.75, 3.05) is 0 Å². The molecule has 0 bridgehead atoms. The molecule has 0 saturated carbocycles. The summed E-state index contributed by atoms with van der Waals surface area (Å²) in [5, 5.41) is 0. The molecular weight excluding hydrogens is 400 g/mol. The first-order valence-corrected chi connectivity index (χ1v) is 13.8. The highest BCUT2D eigenvalue weighted by Crippen LogP contribution is 2.21. The third kappa shape index (κ3) is 18.5. The highest BCUT2D eigenvalue weighted by molar-refractivity contribution is 5.70. The van der Waals surface area contributed by atoms with Crippen LogP contribution in [0.15, 0.2) is 0 Å². The number of rotatable bonds is 23. The normalized spacial score (nSPS) is 13.0. The molecule has 0 heterocycles. The molecule has 0 aliphatic carbocycles. The van der Waals surface area contributed by atoms with E-state index in [1.807, 2.05) is 13.8 Å². The fourth-order valence-electron chi connectivity index (χ4n) is 4.03. The molecule has 0 rings (SSSR count). The third-order valence-corrected chi connectivity index (χ3v) is 6.14. The predicted molar refractivity (Wildman–Crippen MR) is 134 cm³/mol. The molecule has 4 nitrogen and oxygen atoms in total. The molecule has 0 aliphatic heterocycles. The van der Waals surface area contributed by atoms with Crippen LogP contribution in [0.1, 0.15) is 149 Å². The van der Waals surface area contributed by atoms with E-state index in [0.29, 0.717) is 12.8 Å². The second-order valence-electron chi connectivity index (χ2n) is 9.14. The van der Waals surface area contributed by atoms with Crippen molar-refractivity contribution in [2.45, 2.75) is 161 Å². The number of hydrogen-bond acceptors (Lipinski definition) is 4. The van der Waals surface area contributed by atoms with Gasteiger partial charge in [-0.05, 0) is 25.7 Å². The summed E-state index contributed by atoms with van der Waals surface area (Å²) in [6.07, 6.45) is 21.0. The Morgan fingerprint density at radius 1 is 0.562 bits per heavy atom. The van der Waals surface area contributed by atoms with E-state index in [0.717, 1.165) is 44.9 Å². The monoisotopic (exact) mass is 453 g/mol. The van der Waals surface area contributed by atoms with Crippen LogP contribution >= 0.6 is 0 Å². The van der Waals surface area contributed by atoms with Gasteiger partial charge < -0.3 is 9.47 Å². The first kappa shape index (κ1) is 30.9. The number of carbonyl (C=O) groups excluding carboxylic acids is 2. The molecule has 2 atom stereocenters. The van der Waals surface area contributed by atoms with E-state index in [9.17, 15) is 9.59 Å². The standard InChI is InChI=1S/C28H53O4/c1-5-9-11-13-15-16-17-18-20-22-24-26(32-28(30)8-4)25(31-27(29)7-3)23-21-19-14-12-10-6-2/h25-26H,2,5-24H2,1,3-4H3.